The highest BCUT2D eigenvalue weighted by atomic mass is 32.1. The maximum Gasteiger partial charge on any atom is 0.184 e. The van der Waals surface area contributed by atoms with Crippen molar-refractivity contribution in [1.29, 1.82) is 0 Å². The molecule has 0 amide bonds. The molecule has 6 atom stereocenters. The van der Waals surface area contributed by atoms with Crippen LogP contribution in [0.4, 0.5) is 0 Å². The normalized spacial score (nSPS) is 49.2. The maximum absolute atomic E-state index is 5.59. The van der Waals surface area contributed by atoms with Gasteiger partial charge >= 0.3 is 0 Å². The maximum atomic E-state index is 5.59. The first-order chi connectivity index (χ1) is 11.4. The summed E-state index contributed by atoms with van der Waals surface area (Å²) in [6, 6.07) is 0. The number of fused-ring (bicyclic) bond motifs is 5. The van der Waals surface area contributed by atoms with Gasteiger partial charge in [-0.3, -0.25) is 5.43 Å². The minimum atomic E-state index is 0.275. The Balaban J connectivity index is 1.59. The lowest BCUT2D eigenvalue weighted by molar-refractivity contribution is -0.0936. The highest BCUT2D eigenvalue weighted by Gasteiger charge is 2.58. The summed E-state index contributed by atoms with van der Waals surface area (Å²) in [5.41, 5.74) is 10.7. The molecule has 0 spiro atoms. The molecule has 0 heterocycles. The number of rotatable bonds is 1. The van der Waals surface area contributed by atoms with Gasteiger partial charge < -0.3 is 5.73 Å². The summed E-state index contributed by atoms with van der Waals surface area (Å²) >= 11 is 4.94. The molecule has 4 fully saturated rings. The molecule has 4 heteroatoms. The van der Waals surface area contributed by atoms with Crippen LogP contribution in [-0.4, -0.2) is 10.8 Å². The number of hydrogen-bond donors (Lipinski definition) is 2. The molecule has 4 aliphatic carbocycles. The van der Waals surface area contributed by atoms with Crippen LogP contribution in [0.2, 0.25) is 0 Å². The summed E-state index contributed by atoms with van der Waals surface area (Å²) in [7, 11) is 0. The summed E-state index contributed by atoms with van der Waals surface area (Å²) in [5, 5.41) is 4.91. The second-order valence-corrected chi connectivity index (χ2v) is 9.87. The lowest BCUT2D eigenvalue weighted by Gasteiger charge is -2.59. The predicted molar refractivity (Wildman–Crippen MR) is 104 cm³/mol. The molecule has 0 aromatic heterocycles. The highest BCUT2D eigenvalue weighted by molar-refractivity contribution is 7.80. The molecule has 0 aromatic rings. The van der Waals surface area contributed by atoms with Gasteiger partial charge in [0.05, 0.1) is 0 Å². The highest BCUT2D eigenvalue weighted by Crippen LogP contribution is 2.65. The molecule has 4 aliphatic rings. The van der Waals surface area contributed by atoms with Gasteiger partial charge in [0.1, 0.15) is 0 Å². The Bertz CT molecular complexity index is 559. The Morgan fingerprint density at radius 1 is 1.08 bits per heavy atom. The second-order valence-electron chi connectivity index (χ2n) is 9.43. The molecule has 0 saturated heterocycles. The Kier molecular flexibility index (Phi) is 4.18. The van der Waals surface area contributed by atoms with E-state index in [9.17, 15) is 0 Å². The molecule has 0 radical (unpaired) electrons. The Morgan fingerprint density at radius 2 is 1.92 bits per heavy atom. The Hall–Kier alpha value is -0.640. The van der Waals surface area contributed by atoms with Gasteiger partial charge in [0.15, 0.2) is 5.11 Å². The smallest absolute Gasteiger partial charge is 0.184 e. The first-order valence-corrected chi connectivity index (χ1v) is 10.5. The van der Waals surface area contributed by atoms with E-state index in [1.165, 1.54) is 63.5 Å². The van der Waals surface area contributed by atoms with E-state index in [-0.39, 0.29) is 5.41 Å². The van der Waals surface area contributed by atoms with E-state index in [1.807, 2.05) is 0 Å². The van der Waals surface area contributed by atoms with Crippen LogP contribution in [0.1, 0.15) is 78.1 Å². The first kappa shape index (κ1) is 16.8. The monoisotopic (exact) mass is 347 g/mol. The van der Waals surface area contributed by atoms with E-state index in [0.29, 0.717) is 10.5 Å². The van der Waals surface area contributed by atoms with Crippen molar-refractivity contribution in [3.05, 3.63) is 0 Å². The summed E-state index contributed by atoms with van der Waals surface area (Å²) < 4.78 is 0. The van der Waals surface area contributed by atoms with Crippen molar-refractivity contribution in [2.75, 3.05) is 0 Å². The van der Waals surface area contributed by atoms with Gasteiger partial charge in [-0.25, -0.2) is 0 Å². The molecule has 0 unspecified atom stereocenters. The zero-order valence-electron chi connectivity index (χ0n) is 15.3. The fraction of sp³-hybridized carbons (Fsp3) is 0.900. The van der Waals surface area contributed by atoms with Crippen LogP contribution in [0.3, 0.4) is 0 Å². The fourth-order valence-electron chi connectivity index (χ4n) is 7.39. The predicted octanol–water partition coefficient (Wildman–Crippen LogP) is 4.61. The molecule has 0 aliphatic heterocycles. The van der Waals surface area contributed by atoms with Crippen LogP contribution in [0.5, 0.6) is 0 Å². The lowest BCUT2D eigenvalue weighted by atomic mass is 9.45. The molecule has 4 rings (SSSR count). The van der Waals surface area contributed by atoms with E-state index < -0.39 is 0 Å². The average molecular weight is 348 g/mol. The first-order valence-electron chi connectivity index (χ1n) is 10.1. The van der Waals surface area contributed by atoms with E-state index in [4.69, 9.17) is 18.0 Å². The van der Waals surface area contributed by atoms with Crippen LogP contribution in [0.15, 0.2) is 5.10 Å². The van der Waals surface area contributed by atoms with E-state index >= 15 is 0 Å². The van der Waals surface area contributed by atoms with Crippen molar-refractivity contribution in [3.63, 3.8) is 0 Å². The minimum Gasteiger partial charge on any atom is -0.375 e. The third-order valence-corrected chi connectivity index (χ3v) is 8.72. The van der Waals surface area contributed by atoms with Crippen molar-refractivity contribution in [2.45, 2.75) is 78.1 Å². The third kappa shape index (κ3) is 2.43. The van der Waals surface area contributed by atoms with E-state index in [0.717, 1.165) is 30.1 Å². The summed E-state index contributed by atoms with van der Waals surface area (Å²) in [6.45, 7) is 5.12. The summed E-state index contributed by atoms with van der Waals surface area (Å²) in [6.07, 6.45) is 14.0. The molecular formula is C20H33N3S. The van der Waals surface area contributed by atoms with Crippen molar-refractivity contribution < 1.29 is 0 Å². The fourth-order valence-corrected chi connectivity index (χ4v) is 7.44. The minimum absolute atomic E-state index is 0.275. The zero-order valence-corrected chi connectivity index (χ0v) is 16.1. The van der Waals surface area contributed by atoms with E-state index in [2.05, 4.69) is 24.4 Å². The number of thiocarbonyl (C=S) groups is 1. The Morgan fingerprint density at radius 3 is 2.71 bits per heavy atom. The van der Waals surface area contributed by atoms with Gasteiger partial charge in [0, 0.05) is 11.1 Å². The van der Waals surface area contributed by atoms with E-state index in [1.54, 1.807) is 0 Å². The van der Waals surface area contributed by atoms with Crippen molar-refractivity contribution in [1.82, 2.24) is 5.43 Å². The van der Waals surface area contributed by atoms with Crippen molar-refractivity contribution in [2.24, 2.45) is 45.3 Å². The van der Waals surface area contributed by atoms with Gasteiger partial charge in [-0.2, -0.15) is 5.10 Å². The number of nitrogens with zero attached hydrogens (tertiary/aromatic N) is 1. The SMILES string of the molecule is C[C@]12CCCC[C@H]1CC[C@@H]1[C@@H]2CC[C@]2(C)/C(=N\NC(N)=S)CC[C@@H]12. The third-order valence-electron chi connectivity index (χ3n) is 8.63. The van der Waals surface area contributed by atoms with Gasteiger partial charge in [-0.15, -0.1) is 0 Å². The molecule has 0 bridgehead atoms. The molecular weight excluding hydrogens is 314 g/mol. The van der Waals surface area contributed by atoms with Gasteiger partial charge in [0.25, 0.3) is 0 Å². The number of nitrogens with one attached hydrogen (secondary N) is 1. The van der Waals surface area contributed by atoms with Gasteiger partial charge in [-0.1, -0.05) is 26.7 Å². The molecule has 3 nitrogen and oxygen atoms in total. The van der Waals surface area contributed by atoms with Crippen LogP contribution >= 0.6 is 12.2 Å². The largest absolute Gasteiger partial charge is 0.375 e. The number of hydrazone groups is 1. The topological polar surface area (TPSA) is 50.4 Å². The quantitative estimate of drug-likeness (QED) is 0.538. The second kappa shape index (κ2) is 5.96. The van der Waals surface area contributed by atoms with Crippen molar-refractivity contribution in [3.8, 4) is 0 Å². The Labute approximate surface area is 152 Å². The zero-order chi connectivity index (χ0) is 16.9. The molecule has 134 valence electrons. The van der Waals surface area contributed by atoms with Crippen molar-refractivity contribution >= 4 is 23.0 Å². The molecule has 4 saturated carbocycles. The molecule has 0 aromatic carbocycles. The molecule has 3 N–H and O–H groups in total. The van der Waals surface area contributed by atoms with Crippen LogP contribution in [-0.2, 0) is 0 Å². The number of hydrogen-bond acceptors (Lipinski definition) is 2. The molecule has 24 heavy (non-hydrogen) atoms. The lowest BCUT2D eigenvalue weighted by Crippen LogP contribution is -2.52. The van der Waals surface area contributed by atoms with Crippen LogP contribution in [0, 0.1) is 34.5 Å². The average Bonchev–Trinajstić information content (AvgIpc) is 2.89. The summed E-state index contributed by atoms with van der Waals surface area (Å²) in [5.74, 6) is 3.70. The standard InChI is InChI=1S/C20H33N3S/c1-19-11-4-3-5-13(19)6-7-14-15-8-9-17(22-23-18(21)24)20(15,2)12-10-16(14)19/h13-16H,3-12H2,1-2H3,(H3,21,23,24)/b22-17-/t13-,14-,15-,16-,19-,20-/m0/s1. The van der Waals surface area contributed by atoms with Gasteiger partial charge in [0.2, 0.25) is 0 Å². The van der Waals surface area contributed by atoms with Gasteiger partial charge in [-0.05, 0) is 92.7 Å². The van der Waals surface area contributed by atoms with Crippen LogP contribution in [0.25, 0.3) is 0 Å². The summed E-state index contributed by atoms with van der Waals surface area (Å²) in [4.78, 5) is 0. The number of nitrogens with two attached hydrogens (primary N) is 1. The van der Waals surface area contributed by atoms with Crippen LogP contribution < -0.4 is 11.2 Å².